The van der Waals surface area contributed by atoms with Gasteiger partial charge in [-0.3, -0.25) is 24.0 Å². The number of benzene rings is 1. The first-order valence-corrected chi connectivity index (χ1v) is 11.8. The molecule has 1 aromatic rings. The van der Waals surface area contributed by atoms with Gasteiger partial charge in [-0.15, -0.1) is 0 Å². The Hall–Kier alpha value is -4.49. The quantitative estimate of drug-likeness (QED) is 0.169. The summed E-state index contributed by atoms with van der Waals surface area (Å²) in [5, 5.41) is 9.81. The number of carbonyl (C=O) groups excluding carboxylic acids is 7. The molecule has 0 radical (unpaired) electrons. The maximum Gasteiger partial charge on any atom is 0.404 e. The summed E-state index contributed by atoms with van der Waals surface area (Å²) in [5.74, 6) is -3.46. The van der Waals surface area contributed by atoms with Gasteiger partial charge in [0.15, 0.2) is 0 Å². The number of hydrogen-bond donors (Lipinski definition) is 6. The van der Waals surface area contributed by atoms with Crippen LogP contribution in [0.15, 0.2) is 24.3 Å². The Balaban J connectivity index is 2.68. The lowest BCUT2D eigenvalue weighted by atomic mass is 10.1. The number of hydrogen-bond acceptors (Lipinski definition) is 8. The van der Waals surface area contributed by atoms with Crippen LogP contribution in [-0.2, 0) is 40.1 Å². The molecule has 0 aliphatic rings. The fraction of sp³-hybridized carbons (Fsp3) is 0.458. The number of Topliss-reactive ketones (excluding diaryl/α,β-unsaturated/α-hetero) is 1. The monoisotopic (exact) mass is 534 g/mol. The molecule has 1 rings (SSSR count). The minimum atomic E-state index is -1.34. The van der Waals surface area contributed by atoms with Crippen LogP contribution in [0.1, 0.15) is 52.0 Å². The molecule has 0 aliphatic carbocycles. The Bertz CT molecular complexity index is 1040. The number of ether oxygens (including phenoxy) is 1. The summed E-state index contributed by atoms with van der Waals surface area (Å²) in [5.41, 5.74) is 11.1. The third-order valence-electron chi connectivity index (χ3n) is 5.10. The number of anilines is 1. The Labute approximate surface area is 219 Å². The molecule has 0 fully saturated rings. The third-order valence-corrected chi connectivity index (χ3v) is 5.10. The van der Waals surface area contributed by atoms with E-state index in [4.69, 9.17) is 11.5 Å². The molecule has 0 spiro atoms. The highest BCUT2D eigenvalue weighted by Gasteiger charge is 2.27. The van der Waals surface area contributed by atoms with Crippen LogP contribution in [0.5, 0.6) is 0 Å². The van der Waals surface area contributed by atoms with Crippen LogP contribution in [-0.4, -0.2) is 59.5 Å². The average Bonchev–Trinajstić information content (AvgIpc) is 2.82. The van der Waals surface area contributed by atoms with E-state index >= 15 is 0 Å². The normalized spacial score (nSPS) is 12.7. The van der Waals surface area contributed by atoms with Gasteiger partial charge >= 0.3 is 6.09 Å². The minimum Gasteiger partial charge on any atom is -0.445 e. The van der Waals surface area contributed by atoms with Crippen LogP contribution < -0.4 is 32.7 Å². The van der Waals surface area contributed by atoms with Crippen LogP contribution in [0.3, 0.4) is 0 Å². The Morgan fingerprint density at radius 1 is 0.816 bits per heavy atom. The highest BCUT2D eigenvalue weighted by Crippen LogP contribution is 2.11. The van der Waals surface area contributed by atoms with Gasteiger partial charge in [-0.1, -0.05) is 12.1 Å². The van der Waals surface area contributed by atoms with Crippen molar-refractivity contribution in [1.82, 2.24) is 16.0 Å². The second kappa shape index (κ2) is 15.6. The van der Waals surface area contributed by atoms with Crippen molar-refractivity contribution < 1.29 is 38.3 Å². The van der Waals surface area contributed by atoms with E-state index in [0.29, 0.717) is 17.7 Å². The van der Waals surface area contributed by atoms with Crippen LogP contribution in [0, 0.1) is 0 Å². The smallest absolute Gasteiger partial charge is 0.404 e. The molecule has 0 heterocycles. The molecular weight excluding hydrogens is 500 g/mol. The van der Waals surface area contributed by atoms with Crippen LogP contribution in [0.25, 0.3) is 0 Å². The first kappa shape index (κ1) is 31.5. The van der Waals surface area contributed by atoms with Crippen molar-refractivity contribution in [3.63, 3.8) is 0 Å². The number of rotatable bonds is 15. The number of primary amides is 2. The average molecular weight is 535 g/mol. The summed E-state index contributed by atoms with van der Waals surface area (Å²) in [6, 6.07) is 2.75. The van der Waals surface area contributed by atoms with E-state index in [9.17, 15) is 33.6 Å². The molecule has 0 aliphatic heterocycles. The molecule has 8 N–H and O–H groups in total. The van der Waals surface area contributed by atoms with Gasteiger partial charge in [0.05, 0.1) is 6.42 Å². The lowest BCUT2D eigenvalue weighted by Gasteiger charge is -2.22. The highest BCUT2D eigenvalue weighted by molar-refractivity contribution is 6.00. The first-order chi connectivity index (χ1) is 17.8. The van der Waals surface area contributed by atoms with Crippen molar-refractivity contribution in [2.24, 2.45) is 11.5 Å². The van der Waals surface area contributed by atoms with E-state index in [2.05, 4.69) is 26.0 Å². The number of ketones is 1. The first-order valence-electron chi connectivity index (χ1n) is 11.8. The zero-order chi connectivity index (χ0) is 28.8. The van der Waals surface area contributed by atoms with Gasteiger partial charge in [0.25, 0.3) is 0 Å². The Morgan fingerprint density at radius 3 is 1.95 bits per heavy atom. The second-order valence-corrected chi connectivity index (χ2v) is 8.60. The second-order valence-electron chi connectivity index (χ2n) is 8.60. The predicted molar refractivity (Wildman–Crippen MR) is 135 cm³/mol. The van der Waals surface area contributed by atoms with E-state index in [1.54, 1.807) is 12.1 Å². The Kier molecular flexibility index (Phi) is 12.9. The molecule has 208 valence electrons. The maximum absolute atomic E-state index is 12.7. The third kappa shape index (κ3) is 12.5. The minimum absolute atomic E-state index is 0.0446. The lowest BCUT2D eigenvalue weighted by molar-refractivity contribution is -0.133. The van der Waals surface area contributed by atoms with Gasteiger partial charge < -0.3 is 42.3 Å². The molecule has 6 amide bonds. The van der Waals surface area contributed by atoms with Crippen molar-refractivity contribution in [2.45, 2.75) is 71.2 Å². The fourth-order valence-electron chi connectivity index (χ4n) is 3.06. The molecule has 0 unspecified atom stereocenters. The van der Waals surface area contributed by atoms with Crippen molar-refractivity contribution >= 4 is 47.1 Å². The number of carbonyl (C=O) groups is 7. The van der Waals surface area contributed by atoms with E-state index in [1.165, 1.54) is 32.9 Å². The standard InChI is InChI=1S/C24H34N6O8/c1-13(31)5-4-6-20(33)27-14(2)21(34)28-15(3)22(35)30-18(11-19(25)32)23(36)29-17-9-7-16(8-10-17)12-38-24(26)37/h7-10,14-15,18H,4-6,11-12H2,1-3H3,(H2,25,32)(H2,26,37)(H,27,33)(H,28,34)(H,29,36)(H,30,35)/t14-,15-,18-/m0/s1. The SMILES string of the molecule is CC(=O)CCCC(=O)N[C@@H](C)C(=O)N[C@@H](C)C(=O)N[C@@H](CC(N)=O)C(=O)Nc1ccc(COC(N)=O)cc1. The summed E-state index contributed by atoms with van der Waals surface area (Å²) in [6.07, 6.45) is -0.761. The van der Waals surface area contributed by atoms with Crippen molar-refractivity contribution in [1.29, 1.82) is 0 Å². The molecule has 1 aromatic carbocycles. The largest absolute Gasteiger partial charge is 0.445 e. The van der Waals surface area contributed by atoms with Gasteiger partial charge in [-0.05, 0) is 44.9 Å². The predicted octanol–water partition coefficient (Wildman–Crippen LogP) is -0.651. The van der Waals surface area contributed by atoms with Crippen molar-refractivity contribution in [3.8, 4) is 0 Å². The van der Waals surface area contributed by atoms with Crippen molar-refractivity contribution in [3.05, 3.63) is 29.8 Å². The summed E-state index contributed by atoms with van der Waals surface area (Å²) in [6.45, 7) is 4.15. The van der Waals surface area contributed by atoms with Crippen molar-refractivity contribution in [2.75, 3.05) is 5.32 Å². The van der Waals surface area contributed by atoms with E-state index < -0.39 is 60.2 Å². The molecule has 0 bridgehead atoms. The van der Waals surface area contributed by atoms with Gasteiger partial charge in [0.1, 0.15) is 30.5 Å². The summed E-state index contributed by atoms with van der Waals surface area (Å²) >= 11 is 0. The number of nitrogens with one attached hydrogen (secondary N) is 4. The molecule has 14 nitrogen and oxygen atoms in total. The molecule has 0 aromatic heterocycles. The maximum atomic E-state index is 12.7. The van der Waals surface area contributed by atoms with E-state index in [-0.39, 0.29) is 25.2 Å². The van der Waals surface area contributed by atoms with Crippen LogP contribution >= 0.6 is 0 Å². The lowest BCUT2D eigenvalue weighted by Crippen LogP contribution is -2.55. The molecular formula is C24H34N6O8. The van der Waals surface area contributed by atoms with Gasteiger partial charge in [0.2, 0.25) is 29.5 Å². The summed E-state index contributed by atoms with van der Waals surface area (Å²) < 4.78 is 4.67. The molecule has 0 saturated heterocycles. The zero-order valence-corrected chi connectivity index (χ0v) is 21.5. The van der Waals surface area contributed by atoms with E-state index in [0.717, 1.165) is 0 Å². The van der Waals surface area contributed by atoms with Gasteiger partial charge in [-0.2, -0.15) is 0 Å². The zero-order valence-electron chi connectivity index (χ0n) is 21.5. The van der Waals surface area contributed by atoms with E-state index in [1.807, 2.05) is 0 Å². The van der Waals surface area contributed by atoms with Crippen LogP contribution in [0.2, 0.25) is 0 Å². The molecule has 3 atom stereocenters. The van der Waals surface area contributed by atoms with Crippen LogP contribution in [0.4, 0.5) is 10.5 Å². The summed E-state index contributed by atoms with van der Waals surface area (Å²) in [4.78, 5) is 82.8. The van der Waals surface area contributed by atoms with Gasteiger partial charge in [0, 0.05) is 18.5 Å². The molecule has 38 heavy (non-hydrogen) atoms. The topological polar surface area (TPSA) is 229 Å². The fourth-order valence-corrected chi connectivity index (χ4v) is 3.06. The molecule has 0 saturated carbocycles. The Morgan fingerprint density at radius 2 is 1.39 bits per heavy atom. The number of nitrogens with two attached hydrogens (primary N) is 2. The summed E-state index contributed by atoms with van der Waals surface area (Å²) in [7, 11) is 0. The number of amides is 6. The molecule has 14 heteroatoms. The van der Waals surface area contributed by atoms with Gasteiger partial charge in [-0.25, -0.2) is 4.79 Å². The highest BCUT2D eigenvalue weighted by atomic mass is 16.5.